The van der Waals surface area contributed by atoms with Crippen molar-refractivity contribution in [2.24, 2.45) is 0 Å². The number of hydrogen-bond donors (Lipinski definition) is 1. The van der Waals surface area contributed by atoms with E-state index >= 15 is 0 Å². The van der Waals surface area contributed by atoms with Gasteiger partial charge in [-0.05, 0) is 34.1 Å². The minimum absolute atomic E-state index is 0.674. The molecule has 0 unspecified atom stereocenters. The van der Waals surface area contributed by atoms with Crippen molar-refractivity contribution in [2.75, 3.05) is 7.11 Å². The number of benzene rings is 1. The summed E-state index contributed by atoms with van der Waals surface area (Å²) in [6.07, 6.45) is 0. The van der Waals surface area contributed by atoms with Crippen molar-refractivity contribution in [3.8, 4) is 16.3 Å². The van der Waals surface area contributed by atoms with E-state index in [-0.39, 0.29) is 0 Å². The van der Waals surface area contributed by atoms with Crippen molar-refractivity contribution in [3.05, 3.63) is 33.7 Å². The summed E-state index contributed by atoms with van der Waals surface area (Å²) in [4.78, 5) is 4.48. The molecule has 0 radical (unpaired) electrons. The Bertz CT molecular complexity index is 498. The Hall–Kier alpha value is -0.520. The van der Waals surface area contributed by atoms with Gasteiger partial charge in [0.1, 0.15) is 10.8 Å². The number of hydrogen-bond acceptors (Lipinski definition) is 4. The summed E-state index contributed by atoms with van der Waals surface area (Å²) in [5, 5.41) is 3.04. The highest BCUT2D eigenvalue weighted by Crippen LogP contribution is 2.32. The van der Waals surface area contributed by atoms with E-state index in [0.29, 0.717) is 5.75 Å². The molecule has 0 saturated heterocycles. The van der Waals surface area contributed by atoms with E-state index in [1.165, 1.54) is 0 Å². The van der Waals surface area contributed by atoms with Crippen LogP contribution in [0.4, 0.5) is 0 Å². The maximum Gasteiger partial charge on any atom is 0.133 e. The Morgan fingerprint density at radius 2 is 2.31 bits per heavy atom. The molecule has 1 heterocycles. The van der Waals surface area contributed by atoms with Gasteiger partial charge in [-0.1, -0.05) is 0 Å². The molecule has 0 fully saturated rings. The number of methoxy groups -OCH3 is 1. The Balaban J connectivity index is 2.37. The van der Waals surface area contributed by atoms with E-state index in [0.717, 1.165) is 26.5 Å². The van der Waals surface area contributed by atoms with Crippen molar-refractivity contribution in [3.63, 3.8) is 0 Å². The molecule has 0 N–H and O–H groups in total. The van der Waals surface area contributed by atoms with Crippen molar-refractivity contribution in [2.45, 2.75) is 5.75 Å². The molecule has 5 heteroatoms. The highest BCUT2D eigenvalue weighted by Gasteiger charge is 2.06. The van der Waals surface area contributed by atoms with E-state index in [1.54, 1.807) is 18.4 Å². The van der Waals surface area contributed by atoms with Crippen LogP contribution in [0.1, 0.15) is 5.69 Å². The number of nitrogens with zero attached hydrogens (tertiary/aromatic N) is 1. The Morgan fingerprint density at radius 1 is 1.50 bits per heavy atom. The second-order valence-electron chi connectivity index (χ2n) is 3.15. The molecule has 0 aliphatic heterocycles. The van der Waals surface area contributed by atoms with Gasteiger partial charge >= 0.3 is 0 Å². The van der Waals surface area contributed by atoms with Gasteiger partial charge in [0.2, 0.25) is 0 Å². The van der Waals surface area contributed by atoms with Gasteiger partial charge in [0, 0.05) is 16.7 Å². The molecule has 2 nitrogen and oxygen atoms in total. The maximum absolute atomic E-state index is 5.19. The van der Waals surface area contributed by atoms with E-state index in [2.05, 4.69) is 33.5 Å². The lowest BCUT2D eigenvalue weighted by molar-refractivity contribution is 0.412. The summed E-state index contributed by atoms with van der Waals surface area (Å²) in [5.74, 6) is 1.50. The van der Waals surface area contributed by atoms with Gasteiger partial charge in [0.15, 0.2) is 0 Å². The van der Waals surface area contributed by atoms with Gasteiger partial charge in [0.05, 0.1) is 17.3 Å². The van der Waals surface area contributed by atoms with Crippen molar-refractivity contribution in [1.29, 1.82) is 0 Å². The molecule has 1 aromatic carbocycles. The molecular weight excluding hydrogens is 306 g/mol. The SMILES string of the molecule is COc1ccc(-c2nc(CS)cs2)cc1Br. The molecular formula is C11H10BrNOS2. The second kappa shape index (κ2) is 5.21. The van der Waals surface area contributed by atoms with Crippen molar-refractivity contribution < 1.29 is 4.74 Å². The van der Waals surface area contributed by atoms with Crippen LogP contribution < -0.4 is 4.74 Å². The zero-order valence-electron chi connectivity index (χ0n) is 8.61. The standard InChI is InChI=1S/C11H10BrNOS2/c1-14-10-3-2-7(4-9(10)12)11-13-8(5-15)6-16-11/h2-4,6,15H,5H2,1H3. The molecule has 2 rings (SSSR count). The number of ether oxygens (including phenoxy) is 1. The normalized spacial score (nSPS) is 10.4. The summed E-state index contributed by atoms with van der Waals surface area (Å²) in [6, 6.07) is 5.95. The number of rotatable bonds is 3. The average molecular weight is 316 g/mol. The van der Waals surface area contributed by atoms with Gasteiger partial charge in [0.25, 0.3) is 0 Å². The second-order valence-corrected chi connectivity index (χ2v) is 5.18. The van der Waals surface area contributed by atoms with E-state index in [9.17, 15) is 0 Å². The van der Waals surface area contributed by atoms with Gasteiger partial charge in [-0.3, -0.25) is 0 Å². The molecule has 84 valence electrons. The predicted molar refractivity (Wildman–Crippen MR) is 74.5 cm³/mol. The van der Waals surface area contributed by atoms with Crippen LogP contribution in [0.5, 0.6) is 5.75 Å². The Kier molecular flexibility index (Phi) is 3.89. The lowest BCUT2D eigenvalue weighted by atomic mass is 10.2. The first-order chi connectivity index (χ1) is 7.74. The van der Waals surface area contributed by atoms with E-state index < -0.39 is 0 Å². The van der Waals surface area contributed by atoms with Crippen molar-refractivity contribution in [1.82, 2.24) is 4.98 Å². The first kappa shape index (κ1) is 12.0. The summed E-state index contributed by atoms with van der Waals surface area (Å²) >= 11 is 9.30. The summed E-state index contributed by atoms with van der Waals surface area (Å²) in [5.41, 5.74) is 2.10. The van der Waals surface area contributed by atoms with E-state index in [1.807, 2.05) is 23.6 Å². The topological polar surface area (TPSA) is 22.1 Å². The lowest BCUT2D eigenvalue weighted by Crippen LogP contribution is -1.85. The smallest absolute Gasteiger partial charge is 0.133 e. The third kappa shape index (κ3) is 2.42. The first-order valence-corrected chi connectivity index (χ1v) is 6.94. The lowest BCUT2D eigenvalue weighted by Gasteiger charge is -2.04. The van der Waals surface area contributed by atoms with Crippen LogP contribution in [0.15, 0.2) is 28.1 Å². The Morgan fingerprint density at radius 3 is 2.88 bits per heavy atom. The molecule has 0 bridgehead atoms. The van der Waals surface area contributed by atoms with E-state index in [4.69, 9.17) is 4.74 Å². The van der Waals surface area contributed by atoms with Crippen molar-refractivity contribution >= 4 is 39.9 Å². The molecule has 0 aliphatic carbocycles. The molecule has 0 aliphatic rings. The van der Waals surface area contributed by atoms with Gasteiger partial charge < -0.3 is 4.74 Å². The minimum Gasteiger partial charge on any atom is -0.496 e. The third-order valence-electron chi connectivity index (χ3n) is 2.11. The third-order valence-corrected chi connectivity index (χ3v) is 4.00. The quantitative estimate of drug-likeness (QED) is 0.864. The molecule has 0 saturated carbocycles. The van der Waals surface area contributed by atoms with Crippen LogP contribution in [0.2, 0.25) is 0 Å². The highest BCUT2D eigenvalue weighted by atomic mass is 79.9. The Labute approximate surface area is 112 Å². The fourth-order valence-electron chi connectivity index (χ4n) is 1.31. The van der Waals surface area contributed by atoms with Crippen LogP contribution in [-0.4, -0.2) is 12.1 Å². The molecule has 0 spiro atoms. The summed E-state index contributed by atoms with van der Waals surface area (Å²) in [7, 11) is 1.65. The summed E-state index contributed by atoms with van der Waals surface area (Å²) < 4.78 is 6.13. The van der Waals surface area contributed by atoms with Gasteiger partial charge in [-0.2, -0.15) is 12.6 Å². The maximum atomic E-state index is 5.19. The average Bonchev–Trinajstić information content (AvgIpc) is 2.77. The predicted octanol–water partition coefficient (Wildman–Crippen LogP) is 4.01. The fraction of sp³-hybridized carbons (Fsp3) is 0.182. The van der Waals surface area contributed by atoms with Crippen LogP contribution in [0, 0.1) is 0 Å². The fourth-order valence-corrected chi connectivity index (χ4v) is 2.95. The minimum atomic E-state index is 0.674. The first-order valence-electron chi connectivity index (χ1n) is 4.63. The van der Waals surface area contributed by atoms with Gasteiger partial charge in [-0.15, -0.1) is 11.3 Å². The van der Waals surface area contributed by atoms with Crippen LogP contribution in [0.3, 0.4) is 0 Å². The molecule has 0 atom stereocenters. The molecule has 1 aromatic heterocycles. The van der Waals surface area contributed by atoms with Gasteiger partial charge in [-0.25, -0.2) is 4.98 Å². The van der Waals surface area contributed by atoms with Crippen LogP contribution in [-0.2, 0) is 5.75 Å². The largest absolute Gasteiger partial charge is 0.496 e. The zero-order chi connectivity index (χ0) is 11.5. The highest BCUT2D eigenvalue weighted by molar-refractivity contribution is 9.10. The molecule has 2 aromatic rings. The zero-order valence-corrected chi connectivity index (χ0v) is 11.9. The number of thiol groups is 1. The number of aromatic nitrogens is 1. The number of halogens is 1. The summed E-state index contributed by atoms with van der Waals surface area (Å²) in [6.45, 7) is 0. The monoisotopic (exact) mass is 315 g/mol. The van der Waals surface area contributed by atoms with Crippen LogP contribution >= 0.6 is 39.9 Å². The van der Waals surface area contributed by atoms with Crippen LogP contribution in [0.25, 0.3) is 10.6 Å². The number of thiazole rings is 1. The molecule has 16 heavy (non-hydrogen) atoms. The molecule has 0 amide bonds.